The van der Waals surface area contributed by atoms with Crippen molar-refractivity contribution in [3.8, 4) is 0 Å². The van der Waals surface area contributed by atoms with Crippen LogP contribution >= 0.6 is 0 Å². The number of nitrogens with zero attached hydrogens (tertiary/aromatic N) is 1. The average molecular weight is 226 g/mol. The van der Waals surface area contributed by atoms with E-state index < -0.39 is 0 Å². The Balaban J connectivity index is 2.20. The van der Waals surface area contributed by atoms with Gasteiger partial charge in [-0.15, -0.1) is 0 Å². The van der Waals surface area contributed by atoms with Crippen LogP contribution in [0.5, 0.6) is 0 Å². The highest BCUT2D eigenvalue weighted by atomic mass is 14.7. The van der Waals surface area contributed by atoms with Gasteiger partial charge in [0.05, 0.1) is 0 Å². The van der Waals surface area contributed by atoms with Crippen LogP contribution in [0, 0.1) is 13.8 Å². The van der Waals surface area contributed by atoms with Gasteiger partial charge in [-0.2, -0.15) is 0 Å². The van der Waals surface area contributed by atoms with Gasteiger partial charge in [0.2, 0.25) is 0 Å². The van der Waals surface area contributed by atoms with Crippen molar-refractivity contribution in [1.82, 2.24) is 4.98 Å². The van der Waals surface area contributed by atoms with Crippen LogP contribution in [0.1, 0.15) is 28.4 Å². The minimum absolute atomic E-state index is 0.0183. The fourth-order valence-electron chi connectivity index (χ4n) is 2.07. The largest absolute Gasteiger partial charge is 0.324 e. The molecule has 1 aromatic carbocycles. The third kappa shape index (κ3) is 2.71. The van der Waals surface area contributed by atoms with Gasteiger partial charge in [0.1, 0.15) is 0 Å². The molecule has 2 aromatic rings. The van der Waals surface area contributed by atoms with Gasteiger partial charge < -0.3 is 5.73 Å². The first-order valence-electron chi connectivity index (χ1n) is 5.90. The van der Waals surface area contributed by atoms with Gasteiger partial charge in [0, 0.05) is 17.9 Å². The molecule has 2 N–H and O–H groups in total. The molecule has 2 nitrogen and oxygen atoms in total. The van der Waals surface area contributed by atoms with Crippen molar-refractivity contribution in [1.29, 1.82) is 0 Å². The third-order valence-corrected chi connectivity index (χ3v) is 3.15. The molecule has 0 spiro atoms. The summed E-state index contributed by atoms with van der Waals surface area (Å²) in [4.78, 5) is 4.28. The Bertz CT molecular complexity index is 506. The average Bonchev–Trinajstić information content (AvgIpc) is 2.32. The van der Waals surface area contributed by atoms with E-state index in [9.17, 15) is 0 Å². The van der Waals surface area contributed by atoms with Gasteiger partial charge in [-0.3, -0.25) is 4.98 Å². The van der Waals surface area contributed by atoms with Gasteiger partial charge in [-0.1, -0.05) is 30.3 Å². The lowest BCUT2D eigenvalue weighted by atomic mass is 9.96. The van der Waals surface area contributed by atoms with Crippen molar-refractivity contribution >= 4 is 0 Å². The highest BCUT2D eigenvalue weighted by Crippen LogP contribution is 2.19. The SMILES string of the molecule is Cc1ccccc1CC(N)c1cccnc1C. The summed E-state index contributed by atoms with van der Waals surface area (Å²) >= 11 is 0. The van der Waals surface area contributed by atoms with Crippen LogP contribution < -0.4 is 5.73 Å². The predicted octanol–water partition coefficient (Wildman–Crippen LogP) is 2.94. The van der Waals surface area contributed by atoms with E-state index in [0.717, 1.165) is 17.7 Å². The Labute approximate surface area is 103 Å². The first-order valence-corrected chi connectivity index (χ1v) is 5.90. The number of hydrogen-bond acceptors (Lipinski definition) is 2. The van der Waals surface area contributed by atoms with Crippen molar-refractivity contribution in [3.05, 3.63) is 65.0 Å². The number of nitrogens with two attached hydrogens (primary N) is 1. The number of aryl methyl sites for hydroxylation is 2. The smallest absolute Gasteiger partial charge is 0.0420 e. The number of aromatic nitrogens is 1. The van der Waals surface area contributed by atoms with Crippen LogP contribution in [-0.2, 0) is 6.42 Å². The molecule has 0 radical (unpaired) electrons. The zero-order valence-corrected chi connectivity index (χ0v) is 10.4. The molecule has 0 aliphatic rings. The molecule has 17 heavy (non-hydrogen) atoms. The van der Waals surface area contributed by atoms with Crippen LogP contribution in [0.2, 0.25) is 0 Å². The van der Waals surface area contributed by atoms with Gasteiger partial charge in [0.15, 0.2) is 0 Å². The second-order valence-corrected chi connectivity index (χ2v) is 4.42. The number of rotatable bonds is 3. The maximum atomic E-state index is 6.26. The summed E-state index contributed by atoms with van der Waals surface area (Å²) in [6.45, 7) is 4.13. The van der Waals surface area contributed by atoms with Crippen molar-refractivity contribution in [2.24, 2.45) is 5.73 Å². The molecule has 0 fully saturated rings. The quantitative estimate of drug-likeness (QED) is 0.874. The molecule has 2 rings (SSSR count). The molecule has 0 aliphatic heterocycles. The van der Waals surface area contributed by atoms with E-state index in [1.165, 1.54) is 11.1 Å². The molecular formula is C15H18N2. The van der Waals surface area contributed by atoms with E-state index >= 15 is 0 Å². The maximum Gasteiger partial charge on any atom is 0.0420 e. The van der Waals surface area contributed by atoms with E-state index in [0.29, 0.717) is 0 Å². The highest BCUT2D eigenvalue weighted by Gasteiger charge is 2.10. The minimum atomic E-state index is 0.0183. The van der Waals surface area contributed by atoms with Crippen LogP contribution in [0.25, 0.3) is 0 Å². The normalized spacial score (nSPS) is 12.4. The number of benzene rings is 1. The van der Waals surface area contributed by atoms with E-state index in [1.807, 2.05) is 13.0 Å². The zero-order chi connectivity index (χ0) is 12.3. The summed E-state index contributed by atoms with van der Waals surface area (Å²) in [5.41, 5.74) is 11.0. The first-order chi connectivity index (χ1) is 8.18. The maximum absolute atomic E-state index is 6.26. The molecule has 0 saturated carbocycles. The Morgan fingerprint density at radius 2 is 1.88 bits per heavy atom. The Hall–Kier alpha value is -1.67. The van der Waals surface area contributed by atoms with Crippen LogP contribution in [0.3, 0.4) is 0 Å². The predicted molar refractivity (Wildman–Crippen MR) is 70.8 cm³/mol. The summed E-state index contributed by atoms with van der Waals surface area (Å²) in [6, 6.07) is 12.4. The molecule has 0 bridgehead atoms. The van der Waals surface area contributed by atoms with Gasteiger partial charge >= 0.3 is 0 Å². The summed E-state index contributed by atoms with van der Waals surface area (Å²) < 4.78 is 0. The molecule has 1 atom stereocenters. The number of hydrogen-bond donors (Lipinski definition) is 1. The third-order valence-electron chi connectivity index (χ3n) is 3.15. The van der Waals surface area contributed by atoms with Crippen molar-refractivity contribution in [3.63, 3.8) is 0 Å². The molecule has 88 valence electrons. The van der Waals surface area contributed by atoms with Crippen LogP contribution in [0.4, 0.5) is 0 Å². The van der Waals surface area contributed by atoms with Crippen molar-refractivity contribution < 1.29 is 0 Å². The Kier molecular flexibility index (Phi) is 3.55. The second kappa shape index (κ2) is 5.11. The van der Waals surface area contributed by atoms with Crippen LogP contribution in [-0.4, -0.2) is 4.98 Å². The first kappa shape index (κ1) is 11.8. The minimum Gasteiger partial charge on any atom is -0.324 e. The van der Waals surface area contributed by atoms with Crippen LogP contribution in [0.15, 0.2) is 42.6 Å². The molecule has 1 heterocycles. The highest BCUT2D eigenvalue weighted by molar-refractivity contribution is 5.30. The lowest BCUT2D eigenvalue weighted by Gasteiger charge is -2.15. The summed E-state index contributed by atoms with van der Waals surface area (Å²) in [5.74, 6) is 0. The lowest BCUT2D eigenvalue weighted by molar-refractivity contribution is 0.708. The monoisotopic (exact) mass is 226 g/mol. The summed E-state index contributed by atoms with van der Waals surface area (Å²) in [7, 11) is 0. The zero-order valence-electron chi connectivity index (χ0n) is 10.4. The van der Waals surface area contributed by atoms with Gasteiger partial charge in [-0.05, 0) is 43.0 Å². The van der Waals surface area contributed by atoms with E-state index in [2.05, 4.69) is 42.2 Å². The number of pyridine rings is 1. The summed E-state index contributed by atoms with van der Waals surface area (Å²) in [6.07, 6.45) is 2.67. The molecule has 1 unspecified atom stereocenters. The fourth-order valence-corrected chi connectivity index (χ4v) is 2.07. The van der Waals surface area contributed by atoms with Gasteiger partial charge in [-0.25, -0.2) is 0 Å². The molecular weight excluding hydrogens is 208 g/mol. The second-order valence-electron chi connectivity index (χ2n) is 4.42. The lowest BCUT2D eigenvalue weighted by Crippen LogP contribution is -2.15. The molecule has 0 aliphatic carbocycles. The Morgan fingerprint density at radius 1 is 1.12 bits per heavy atom. The van der Waals surface area contributed by atoms with Crippen molar-refractivity contribution in [2.45, 2.75) is 26.3 Å². The molecule has 0 amide bonds. The topological polar surface area (TPSA) is 38.9 Å². The molecule has 2 heteroatoms. The van der Waals surface area contributed by atoms with E-state index in [1.54, 1.807) is 6.20 Å². The molecule has 1 aromatic heterocycles. The van der Waals surface area contributed by atoms with Gasteiger partial charge in [0.25, 0.3) is 0 Å². The standard InChI is InChI=1S/C15H18N2/c1-11-6-3-4-7-13(11)10-15(16)14-8-5-9-17-12(14)2/h3-9,15H,10,16H2,1-2H3. The fraction of sp³-hybridized carbons (Fsp3) is 0.267. The Morgan fingerprint density at radius 3 is 2.59 bits per heavy atom. The molecule has 0 saturated heterocycles. The van der Waals surface area contributed by atoms with E-state index in [4.69, 9.17) is 5.73 Å². The van der Waals surface area contributed by atoms with E-state index in [-0.39, 0.29) is 6.04 Å². The summed E-state index contributed by atoms with van der Waals surface area (Å²) in [5, 5.41) is 0. The van der Waals surface area contributed by atoms with Crippen molar-refractivity contribution in [2.75, 3.05) is 0 Å².